The average molecular weight is 643 g/mol. The Morgan fingerprint density at radius 3 is 2.37 bits per heavy atom. The third-order valence-electron chi connectivity index (χ3n) is 4.90. The van der Waals surface area contributed by atoms with E-state index in [1.807, 2.05) is 0 Å². The van der Waals surface area contributed by atoms with Gasteiger partial charge in [-0.2, -0.15) is 0 Å². The lowest BCUT2D eigenvalue weighted by molar-refractivity contribution is -0.122. The van der Waals surface area contributed by atoms with Crippen LogP contribution in [0.15, 0.2) is 69.1 Å². The molecule has 0 saturated carbocycles. The molecular formula is C24H13Br2Cl2FN2O4. The zero-order chi connectivity index (χ0) is 25.3. The van der Waals surface area contributed by atoms with Crippen LogP contribution in [0.3, 0.4) is 0 Å². The molecule has 11 heteroatoms. The monoisotopic (exact) mass is 640 g/mol. The van der Waals surface area contributed by atoms with Gasteiger partial charge in [-0.1, -0.05) is 51.3 Å². The number of nitrogens with one attached hydrogen (secondary N) is 1. The van der Waals surface area contributed by atoms with Gasteiger partial charge >= 0.3 is 6.03 Å². The molecule has 1 fully saturated rings. The number of rotatable bonds is 5. The minimum absolute atomic E-state index is 0.102. The van der Waals surface area contributed by atoms with Gasteiger partial charge in [0.15, 0.2) is 0 Å². The van der Waals surface area contributed by atoms with Gasteiger partial charge in [-0.15, -0.1) is 0 Å². The first-order valence-corrected chi connectivity index (χ1v) is 12.2. The van der Waals surface area contributed by atoms with Crippen LogP contribution in [0.2, 0.25) is 10.0 Å². The molecule has 0 spiro atoms. The highest BCUT2D eigenvalue weighted by molar-refractivity contribution is 9.11. The molecule has 35 heavy (non-hydrogen) atoms. The van der Waals surface area contributed by atoms with Crippen LogP contribution in [0.25, 0.3) is 6.08 Å². The molecule has 6 nitrogen and oxygen atoms in total. The van der Waals surface area contributed by atoms with Crippen LogP contribution in [-0.2, 0) is 16.2 Å². The van der Waals surface area contributed by atoms with Crippen LogP contribution in [0.4, 0.5) is 14.9 Å². The number of nitrogens with zero attached hydrogens (tertiary/aromatic N) is 1. The summed E-state index contributed by atoms with van der Waals surface area (Å²) >= 11 is 18.8. The molecule has 1 N–H and O–H groups in total. The fourth-order valence-electron chi connectivity index (χ4n) is 3.25. The molecular weight excluding hydrogens is 630 g/mol. The highest BCUT2D eigenvalue weighted by Gasteiger charge is 2.37. The van der Waals surface area contributed by atoms with E-state index < -0.39 is 17.8 Å². The van der Waals surface area contributed by atoms with E-state index in [0.29, 0.717) is 25.8 Å². The molecule has 3 aromatic rings. The van der Waals surface area contributed by atoms with Gasteiger partial charge in [0, 0.05) is 10.0 Å². The van der Waals surface area contributed by atoms with Gasteiger partial charge in [0.2, 0.25) is 0 Å². The number of ether oxygens (including phenoxy) is 1. The SMILES string of the molecule is O=C1NC(=O)N(c2ccc(Cl)c(Cl)c2)C(=O)/C1=C/c1cc(Br)cc(Br)c1OCc1ccc(F)cc1. The molecule has 1 saturated heterocycles. The molecule has 178 valence electrons. The second kappa shape index (κ2) is 10.5. The summed E-state index contributed by atoms with van der Waals surface area (Å²) in [7, 11) is 0. The average Bonchev–Trinajstić information content (AvgIpc) is 2.79. The zero-order valence-corrected chi connectivity index (χ0v) is 22.1. The smallest absolute Gasteiger partial charge is 0.335 e. The first-order valence-electron chi connectivity index (χ1n) is 9.87. The lowest BCUT2D eigenvalue weighted by Gasteiger charge is -2.26. The number of amides is 4. The van der Waals surface area contributed by atoms with Crippen molar-refractivity contribution in [3.8, 4) is 5.75 Å². The number of hydrogen-bond donors (Lipinski definition) is 1. The lowest BCUT2D eigenvalue weighted by atomic mass is 10.1. The van der Waals surface area contributed by atoms with Crippen molar-refractivity contribution < 1.29 is 23.5 Å². The van der Waals surface area contributed by atoms with E-state index >= 15 is 0 Å². The van der Waals surface area contributed by atoms with Crippen molar-refractivity contribution in [3.05, 3.63) is 96.1 Å². The minimum Gasteiger partial charge on any atom is -0.487 e. The van der Waals surface area contributed by atoms with Gasteiger partial charge in [-0.05, 0) is 70.0 Å². The number of hydrogen-bond acceptors (Lipinski definition) is 4. The summed E-state index contributed by atoms with van der Waals surface area (Å²) in [6.07, 6.45) is 1.32. The second-order valence-corrected chi connectivity index (χ2v) is 9.86. The van der Waals surface area contributed by atoms with Gasteiger partial charge in [-0.3, -0.25) is 14.9 Å². The third-order valence-corrected chi connectivity index (χ3v) is 6.68. The maximum atomic E-state index is 13.2. The summed E-state index contributed by atoms with van der Waals surface area (Å²) in [4.78, 5) is 39.1. The van der Waals surface area contributed by atoms with Crippen LogP contribution in [0, 0.1) is 5.82 Å². The van der Waals surface area contributed by atoms with Gasteiger partial charge in [0.05, 0.1) is 20.2 Å². The molecule has 4 amide bonds. The van der Waals surface area contributed by atoms with Gasteiger partial charge in [-0.25, -0.2) is 14.1 Å². The standard InChI is InChI=1S/C24H13Br2Cl2FN2O4/c25-14-7-13(21(18(26)9-14)35-11-12-1-3-15(29)4-2-12)8-17-22(32)30-24(34)31(23(17)33)16-5-6-19(27)20(28)10-16/h1-10H,11H2,(H,30,32,34)/b17-8+. The highest BCUT2D eigenvalue weighted by Crippen LogP contribution is 2.36. The Morgan fingerprint density at radius 2 is 1.69 bits per heavy atom. The first kappa shape index (κ1) is 25.4. The molecule has 1 aliphatic rings. The quantitative estimate of drug-likeness (QED) is 0.243. The van der Waals surface area contributed by atoms with E-state index in [2.05, 4.69) is 37.2 Å². The Labute approximate surface area is 225 Å². The Morgan fingerprint density at radius 1 is 0.971 bits per heavy atom. The summed E-state index contributed by atoms with van der Waals surface area (Å²) in [6, 6.07) is 12.5. The van der Waals surface area contributed by atoms with E-state index in [-0.39, 0.29) is 33.7 Å². The normalized spacial score (nSPS) is 14.9. The van der Waals surface area contributed by atoms with E-state index in [9.17, 15) is 18.8 Å². The third kappa shape index (κ3) is 5.59. The van der Waals surface area contributed by atoms with Gasteiger partial charge in [0.25, 0.3) is 11.8 Å². The Bertz CT molecular complexity index is 1400. The van der Waals surface area contributed by atoms with Crippen LogP contribution >= 0.6 is 55.1 Å². The second-order valence-electron chi connectivity index (χ2n) is 7.28. The van der Waals surface area contributed by atoms with Gasteiger partial charge in [0.1, 0.15) is 23.7 Å². The zero-order valence-electron chi connectivity index (χ0n) is 17.5. The van der Waals surface area contributed by atoms with E-state index in [1.54, 1.807) is 24.3 Å². The molecule has 3 aromatic carbocycles. The van der Waals surface area contributed by atoms with Crippen molar-refractivity contribution >= 4 is 84.7 Å². The minimum atomic E-state index is -0.918. The topological polar surface area (TPSA) is 75.7 Å². The molecule has 4 rings (SSSR count). The van der Waals surface area contributed by atoms with Crippen molar-refractivity contribution in [1.82, 2.24) is 5.32 Å². The molecule has 0 aromatic heterocycles. The summed E-state index contributed by atoms with van der Waals surface area (Å²) < 4.78 is 20.3. The Hall–Kier alpha value is -2.72. The predicted octanol–water partition coefficient (Wildman–Crippen LogP) is 6.90. The fourth-order valence-corrected chi connectivity index (χ4v) is 4.91. The number of carbonyl (C=O) groups excluding carboxylic acids is 3. The molecule has 1 aliphatic heterocycles. The molecule has 0 unspecified atom stereocenters. The maximum absolute atomic E-state index is 13.2. The number of carbonyl (C=O) groups is 3. The molecule has 0 aliphatic carbocycles. The number of urea groups is 1. The first-order chi connectivity index (χ1) is 16.6. The molecule has 0 bridgehead atoms. The van der Waals surface area contributed by atoms with Crippen LogP contribution in [-0.4, -0.2) is 17.8 Å². The largest absolute Gasteiger partial charge is 0.487 e. The molecule has 1 heterocycles. The van der Waals surface area contributed by atoms with Crippen molar-refractivity contribution in [2.75, 3.05) is 4.90 Å². The lowest BCUT2D eigenvalue weighted by Crippen LogP contribution is -2.54. The van der Waals surface area contributed by atoms with E-state index in [4.69, 9.17) is 27.9 Å². The number of benzene rings is 3. The van der Waals surface area contributed by atoms with Crippen molar-refractivity contribution in [3.63, 3.8) is 0 Å². The van der Waals surface area contributed by atoms with E-state index in [0.717, 1.165) is 4.90 Å². The summed E-state index contributed by atoms with van der Waals surface area (Å²) in [5, 5.41) is 2.54. The number of imide groups is 2. The predicted molar refractivity (Wildman–Crippen MR) is 138 cm³/mol. The van der Waals surface area contributed by atoms with Crippen molar-refractivity contribution in [1.29, 1.82) is 0 Å². The summed E-state index contributed by atoms with van der Waals surface area (Å²) in [6.45, 7) is 0.102. The van der Waals surface area contributed by atoms with Crippen molar-refractivity contribution in [2.45, 2.75) is 6.61 Å². The van der Waals surface area contributed by atoms with Crippen molar-refractivity contribution in [2.24, 2.45) is 0 Å². The van der Waals surface area contributed by atoms with Gasteiger partial charge < -0.3 is 4.74 Å². The van der Waals surface area contributed by atoms with Crippen LogP contribution in [0.5, 0.6) is 5.75 Å². The summed E-state index contributed by atoms with van der Waals surface area (Å²) in [5.74, 6) is -1.75. The number of anilines is 1. The molecule has 0 atom stereocenters. The summed E-state index contributed by atoms with van der Waals surface area (Å²) in [5.41, 5.74) is 0.939. The van der Waals surface area contributed by atoms with Crippen LogP contribution < -0.4 is 15.0 Å². The maximum Gasteiger partial charge on any atom is 0.335 e. The fraction of sp³-hybridized carbons (Fsp3) is 0.0417. The van der Waals surface area contributed by atoms with E-state index in [1.165, 1.54) is 36.4 Å². The highest BCUT2D eigenvalue weighted by atomic mass is 79.9. The Balaban J connectivity index is 1.71. The Kier molecular flexibility index (Phi) is 7.61. The van der Waals surface area contributed by atoms with Crippen LogP contribution in [0.1, 0.15) is 11.1 Å². The number of barbiturate groups is 1. The number of halogens is 5. The molecule has 0 radical (unpaired) electrons.